The fourth-order valence-electron chi connectivity index (χ4n) is 2.77. The molecule has 2 aromatic heterocycles. The zero-order valence-corrected chi connectivity index (χ0v) is 13.1. The Kier molecular flexibility index (Phi) is 5.50. The van der Waals surface area contributed by atoms with Crippen LogP contribution >= 0.6 is 0 Å². The molecule has 1 aliphatic rings. The number of aliphatic hydroxyl groups is 1. The van der Waals surface area contributed by atoms with E-state index in [1.807, 2.05) is 12.1 Å². The van der Waals surface area contributed by atoms with Crippen molar-refractivity contribution in [2.75, 3.05) is 31.3 Å². The summed E-state index contributed by atoms with van der Waals surface area (Å²) < 4.78 is 5.46. The highest BCUT2D eigenvalue weighted by atomic mass is 16.5. The SMILES string of the molecule is OCCCN(Cc1ccncc1)c1cc([C@H]2CCOC2)ncn1. The van der Waals surface area contributed by atoms with Gasteiger partial charge in [0.15, 0.2) is 0 Å². The minimum atomic E-state index is 0.168. The summed E-state index contributed by atoms with van der Waals surface area (Å²) >= 11 is 0. The molecule has 0 aliphatic carbocycles. The lowest BCUT2D eigenvalue weighted by molar-refractivity contribution is 0.193. The van der Waals surface area contributed by atoms with Crippen LogP contribution in [0, 0.1) is 0 Å². The van der Waals surface area contributed by atoms with E-state index in [0.717, 1.165) is 44.2 Å². The van der Waals surface area contributed by atoms with Gasteiger partial charge in [0, 0.05) is 50.7 Å². The van der Waals surface area contributed by atoms with Crippen molar-refractivity contribution in [2.24, 2.45) is 0 Å². The maximum absolute atomic E-state index is 9.17. The van der Waals surface area contributed by atoms with E-state index in [9.17, 15) is 0 Å². The predicted molar refractivity (Wildman–Crippen MR) is 87.2 cm³/mol. The number of rotatable bonds is 7. The van der Waals surface area contributed by atoms with E-state index < -0.39 is 0 Å². The molecule has 1 saturated heterocycles. The molecule has 0 radical (unpaired) electrons. The lowest BCUT2D eigenvalue weighted by Gasteiger charge is -2.24. The molecular formula is C17H22N4O2. The van der Waals surface area contributed by atoms with Gasteiger partial charge in [-0.2, -0.15) is 0 Å². The summed E-state index contributed by atoms with van der Waals surface area (Å²) in [5.41, 5.74) is 2.21. The maximum Gasteiger partial charge on any atom is 0.132 e. The lowest BCUT2D eigenvalue weighted by Crippen LogP contribution is -2.26. The molecule has 1 atom stereocenters. The molecule has 23 heavy (non-hydrogen) atoms. The minimum Gasteiger partial charge on any atom is -0.396 e. The van der Waals surface area contributed by atoms with Crippen molar-refractivity contribution >= 4 is 5.82 Å². The third kappa shape index (κ3) is 4.24. The molecule has 0 bridgehead atoms. The third-order valence-corrected chi connectivity index (χ3v) is 4.05. The first-order valence-electron chi connectivity index (χ1n) is 8.01. The molecule has 3 rings (SSSR count). The number of aliphatic hydroxyl groups excluding tert-OH is 1. The van der Waals surface area contributed by atoms with Crippen molar-refractivity contribution in [1.29, 1.82) is 0 Å². The van der Waals surface area contributed by atoms with Crippen LogP contribution in [0.25, 0.3) is 0 Å². The van der Waals surface area contributed by atoms with Crippen LogP contribution in [-0.4, -0.2) is 46.4 Å². The number of ether oxygens (including phenoxy) is 1. The predicted octanol–water partition coefficient (Wildman–Crippen LogP) is 1.76. The van der Waals surface area contributed by atoms with Gasteiger partial charge in [-0.05, 0) is 30.5 Å². The Hall–Kier alpha value is -2.05. The third-order valence-electron chi connectivity index (χ3n) is 4.05. The monoisotopic (exact) mass is 314 g/mol. The molecule has 0 saturated carbocycles. The average molecular weight is 314 g/mol. The van der Waals surface area contributed by atoms with Crippen LogP contribution in [0.3, 0.4) is 0 Å². The van der Waals surface area contributed by atoms with E-state index in [4.69, 9.17) is 9.84 Å². The van der Waals surface area contributed by atoms with E-state index >= 15 is 0 Å². The topological polar surface area (TPSA) is 71.4 Å². The second kappa shape index (κ2) is 7.99. The van der Waals surface area contributed by atoms with E-state index in [0.29, 0.717) is 12.3 Å². The summed E-state index contributed by atoms with van der Waals surface area (Å²) in [6.45, 7) is 3.19. The highest BCUT2D eigenvalue weighted by Crippen LogP contribution is 2.26. The Morgan fingerprint density at radius 3 is 2.87 bits per heavy atom. The van der Waals surface area contributed by atoms with Crippen LogP contribution in [0.15, 0.2) is 36.9 Å². The minimum absolute atomic E-state index is 0.168. The van der Waals surface area contributed by atoms with Crippen molar-refractivity contribution in [1.82, 2.24) is 15.0 Å². The van der Waals surface area contributed by atoms with Crippen molar-refractivity contribution in [3.05, 3.63) is 48.2 Å². The number of aromatic nitrogens is 3. The van der Waals surface area contributed by atoms with Gasteiger partial charge in [-0.3, -0.25) is 4.98 Å². The number of anilines is 1. The highest BCUT2D eigenvalue weighted by Gasteiger charge is 2.20. The van der Waals surface area contributed by atoms with Gasteiger partial charge < -0.3 is 14.7 Å². The van der Waals surface area contributed by atoms with E-state index in [-0.39, 0.29) is 6.61 Å². The molecule has 0 spiro atoms. The zero-order valence-electron chi connectivity index (χ0n) is 13.1. The fraction of sp³-hybridized carbons (Fsp3) is 0.471. The van der Waals surface area contributed by atoms with Gasteiger partial charge in [0.2, 0.25) is 0 Å². The van der Waals surface area contributed by atoms with Crippen LogP contribution < -0.4 is 4.90 Å². The molecule has 0 unspecified atom stereocenters. The number of nitrogens with zero attached hydrogens (tertiary/aromatic N) is 4. The van der Waals surface area contributed by atoms with Crippen molar-refractivity contribution in [3.8, 4) is 0 Å². The second-order valence-electron chi connectivity index (χ2n) is 5.72. The second-order valence-corrected chi connectivity index (χ2v) is 5.72. The molecule has 1 aliphatic heterocycles. The van der Waals surface area contributed by atoms with Crippen molar-refractivity contribution in [2.45, 2.75) is 25.3 Å². The first-order chi connectivity index (χ1) is 11.4. The summed E-state index contributed by atoms with van der Waals surface area (Å²) in [4.78, 5) is 15.1. The van der Waals surface area contributed by atoms with E-state index in [1.165, 1.54) is 5.56 Å². The maximum atomic E-state index is 9.17. The summed E-state index contributed by atoms with van der Waals surface area (Å²) in [5, 5.41) is 9.17. The van der Waals surface area contributed by atoms with Crippen LogP contribution in [0.4, 0.5) is 5.82 Å². The van der Waals surface area contributed by atoms with Crippen LogP contribution in [-0.2, 0) is 11.3 Å². The standard InChI is InChI=1S/C17H22N4O2/c22-8-1-7-21(11-14-2-5-18-6-3-14)17-10-16(19-13-20-17)15-4-9-23-12-15/h2-3,5-6,10,13,15,22H,1,4,7-9,11-12H2/t15-/m0/s1. The number of hydrogen-bond donors (Lipinski definition) is 1. The summed E-state index contributed by atoms with van der Waals surface area (Å²) in [6, 6.07) is 6.05. The molecule has 1 N–H and O–H groups in total. The summed E-state index contributed by atoms with van der Waals surface area (Å²) in [7, 11) is 0. The van der Waals surface area contributed by atoms with E-state index in [2.05, 4.69) is 25.9 Å². The fourth-order valence-corrected chi connectivity index (χ4v) is 2.77. The Balaban J connectivity index is 1.79. The summed E-state index contributed by atoms with van der Waals surface area (Å²) in [6.07, 6.45) is 6.93. The van der Waals surface area contributed by atoms with Crippen LogP contribution in [0.5, 0.6) is 0 Å². The average Bonchev–Trinajstić information content (AvgIpc) is 3.14. The van der Waals surface area contributed by atoms with Gasteiger partial charge in [0.25, 0.3) is 0 Å². The normalized spacial score (nSPS) is 17.3. The number of hydrogen-bond acceptors (Lipinski definition) is 6. The van der Waals surface area contributed by atoms with Crippen LogP contribution in [0.2, 0.25) is 0 Å². The molecule has 0 amide bonds. The number of pyridine rings is 1. The molecule has 3 heterocycles. The Labute approximate surface area is 136 Å². The van der Waals surface area contributed by atoms with Crippen molar-refractivity contribution in [3.63, 3.8) is 0 Å². The first kappa shape index (κ1) is 15.8. The molecule has 2 aromatic rings. The Bertz CT molecular complexity index is 603. The summed E-state index contributed by atoms with van der Waals surface area (Å²) in [5.74, 6) is 1.25. The lowest BCUT2D eigenvalue weighted by atomic mass is 10.0. The van der Waals surface area contributed by atoms with Gasteiger partial charge in [-0.15, -0.1) is 0 Å². The largest absolute Gasteiger partial charge is 0.396 e. The molecule has 0 aromatic carbocycles. The van der Waals surface area contributed by atoms with Crippen molar-refractivity contribution < 1.29 is 9.84 Å². The van der Waals surface area contributed by atoms with Gasteiger partial charge in [-0.25, -0.2) is 9.97 Å². The molecule has 6 nitrogen and oxygen atoms in total. The highest BCUT2D eigenvalue weighted by molar-refractivity contribution is 5.40. The van der Waals surface area contributed by atoms with Gasteiger partial charge >= 0.3 is 0 Å². The molecule has 122 valence electrons. The van der Waals surface area contributed by atoms with Gasteiger partial charge in [0.1, 0.15) is 12.1 Å². The molecular weight excluding hydrogens is 292 g/mol. The first-order valence-corrected chi connectivity index (χ1v) is 8.01. The van der Waals surface area contributed by atoms with Gasteiger partial charge in [-0.1, -0.05) is 0 Å². The molecule has 6 heteroatoms. The van der Waals surface area contributed by atoms with Gasteiger partial charge in [0.05, 0.1) is 12.3 Å². The smallest absolute Gasteiger partial charge is 0.132 e. The Morgan fingerprint density at radius 2 is 2.13 bits per heavy atom. The zero-order chi connectivity index (χ0) is 15.9. The van der Waals surface area contributed by atoms with Crippen LogP contribution in [0.1, 0.15) is 30.0 Å². The van der Waals surface area contributed by atoms with E-state index in [1.54, 1.807) is 18.7 Å². The molecule has 1 fully saturated rings. The Morgan fingerprint density at radius 1 is 1.26 bits per heavy atom. The quantitative estimate of drug-likeness (QED) is 0.840.